The van der Waals surface area contributed by atoms with Crippen molar-refractivity contribution in [2.24, 2.45) is 0 Å². The Bertz CT molecular complexity index is 1460. The van der Waals surface area contributed by atoms with Gasteiger partial charge in [-0.15, -0.1) is 11.3 Å². The second-order valence-corrected chi connectivity index (χ2v) is 10.2. The summed E-state index contributed by atoms with van der Waals surface area (Å²) in [5.41, 5.74) is 2.04. The number of aromatic nitrogens is 2. The Morgan fingerprint density at radius 3 is 2.67 bits per heavy atom. The summed E-state index contributed by atoms with van der Waals surface area (Å²) in [6.07, 6.45) is -0.272. The van der Waals surface area contributed by atoms with Crippen molar-refractivity contribution >= 4 is 28.0 Å². The van der Waals surface area contributed by atoms with Crippen molar-refractivity contribution in [3.63, 3.8) is 0 Å². The number of thiazole rings is 1. The fourth-order valence-electron chi connectivity index (χ4n) is 4.66. The number of hydrogen-bond acceptors (Lipinski definition) is 6. The van der Waals surface area contributed by atoms with Crippen LogP contribution in [0.2, 0.25) is 0 Å². The molecule has 3 heterocycles. The first-order valence-electron chi connectivity index (χ1n) is 12.8. The van der Waals surface area contributed by atoms with Crippen molar-refractivity contribution in [3.8, 4) is 22.8 Å². The molecule has 1 aliphatic rings. The molecule has 0 radical (unpaired) electrons. The molecule has 0 bridgehead atoms. The zero-order valence-corrected chi connectivity index (χ0v) is 22.8. The number of ether oxygens (including phenoxy) is 3. The summed E-state index contributed by atoms with van der Waals surface area (Å²) in [5.74, 6) is 1.37. The van der Waals surface area contributed by atoms with E-state index in [1.54, 1.807) is 19.1 Å². The molecule has 1 aliphatic heterocycles. The molecular weight excluding hydrogens is 545 g/mol. The lowest BCUT2D eigenvalue weighted by Gasteiger charge is -2.26. The first kappa shape index (κ1) is 27.8. The largest absolute Gasteiger partial charge is 0.497 e. The molecule has 0 spiro atoms. The standard InChI is InChI=1S/C28H29F3N4O4S/c1-37-21-9-10-25(38-2)23(14-21)24-16-35-20(17-40-27(35)33-24)11-12-34(15-22-4-3-13-39-22)26(36)32-19-7-5-18(6-8-19)28(29,30)31/h5-10,14,16-17,22H,3-4,11-13,15H2,1-2H3,(H,32,36)/t22-/m1/s1. The van der Waals surface area contributed by atoms with E-state index in [4.69, 9.17) is 19.2 Å². The third-order valence-corrected chi connectivity index (χ3v) is 7.69. The SMILES string of the molecule is COc1ccc(OC)c(-c2cn3c(CCN(C[C@H]4CCCO4)C(=O)Nc4ccc(C(F)(F)F)cc4)csc3n2)c1. The second kappa shape index (κ2) is 11.8. The van der Waals surface area contributed by atoms with Gasteiger partial charge in [-0.05, 0) is 55.3 Å². The zero-order valence-electron chi connectivity index (χ0n) is 22.0. The van der Waals surface area contributed by atoms with Crippen molar-refractivity contribution < 1.29 is 32.2 Å². The molecule has 2 amide bonds. The summed E-state index contributed by atoms with van der Waals surface area (Å²) in [5, 5.41) is 4.74. The van der Waals surface area contributed by atoms with Gasteiger partial charge in [0.2, 0.25) is 0 Å². The molecule has 0 unspecified atom stereocenters. The van der Waals surface area contributed by atoms with Crippen LogP contribution in [0.25, 0.3) is 16.2 Å². The Balaban J connectivity index is 1.33. The first-order valence-corrected chi connectivity index (χ1v) is 13.7. The molecule has 8 nitrogen and oxygen atoms in total. The molecule has 40 heavy (non-hydrogen) atoms. The highest BCUT2D eigenvalue weighted by Gasteiger charge is 2.30. The maximum atomic E-state index is 13.2. The van der Waals surface area contributed by atoms with Crippen LogP contribution in [0.4, 0.5) is 23.7 Å². The number of carbonyl (C=O) groups excluding carboxylic acids is 1. The van der Waals surface area contributed by atoms with Crippen LogP contribution in [-0.4, -0.2) is 60.3 Å². The predicted molar refractivity (Wildman–Crippen MR) is 146 cm³/mol. The molecule has 4 aromatic rings. The average Bonchev–Trinajstić information content (AvgIpc) is 3.69. The number of nitrogens with zero attached hydrogens (tertiary/aromatic N) is 3. The number of halogens is 3. The van der Waals surface area contributed by atoms with E-state index in [0.29, 0.717) is 43.3 Å². The number of carbonyl (C=O) groups is 1. The maximum Gasteiger partial charge on any atom is 0.416 e. The van der Waals surface area contributed by atoms with Crippen LogP contribution in [0.3, 0.4) is 0 Å². The zero-order chi connectivity index (χ0) is 28.3. The summed E-state index contributed by atoms with van der Waals surface area (Å²) in [6, 6.07) is 9.56. The molecule has 1 N–H and O–H groups in total. The molecule has 5 rings (SSSR count). The number of methoxy groups -OCH3 is 2. The Morgan fingerprint density at radius 1 is 1.20 bits per heavy atom. The topological polar surface area (TPSA) is 77.3 Å². The summed E-state index contributed by atoms with van der Waals surface area (Å²) in [7, 11) is 3.21. The molecule has 1 atom stereocenters. The van der Waals surface area contributed by atoms with Crippen molar-refractivity contribution in [2.75, 3.05) is 39.2 Å². The van der Waals surface area contributed by atoms with Crippen molar-refractivity contribution in [1.29, 1.82) is 0 Å². The minimum atomic E-state index is -4.44. The number of nitrogens with one attached hydrogen (secondary N) is 1. The first-order chi connectivity index (χ1) is 19.2. The van der Waals surface area contributed by atoms with E-state index >= 15 is 0 Å². The highest BCUT2D eigenvalue weighted by atomic mass is 32.1. The number of benzene rings is 2. The number of rotatable bonds is 9. The highest BCUT2D eigenvalue weighted by Crippen LogP contribution is 2.34. The normalized spacial score (nSPS) is 15.4. The van der Waals surface area contributed by atoms with E-state index in [0.717, 1.165) is 46.9 Å². The van der Waals surface area contributed by atoms with Crippen LogP contribution >= 0.6 is 11.3 Å². The van der Waals surface area contributed by atoms with Gasteiger partial charge in [-0.25, -0.2) is 9.78 Å². The van der Waals surface area contributed by atoms with Crippen molar-refractivity contribution in [3.05, 3.63) is 65.3 Å². The van der Waals surface area contributed by atoms with Crippen molar-refractivity contribution in [2.45, 2.75) is 31.5 Å². The highest BCUT2D eigenvalue weighted by molar-refractivity contribution is 7.15. The van der Waals surface area contributed by atoms with Gasteiger partial charge in [0.15, 0.2) is 4.96 Å². The van der Waals surface area contributed by atoms with E-state index in [1.807, 2.05) is 34.2 Å². The fraction of sp³-hybridized carbons (Fsp3) is 0.357. The molecule has 2 aromatic heterocycles. The van der Waals surface area contributed by atoms with Gasteiger partial charge in [-0.2, -0.15) is 13.2 Å². The van der Waals surface area contributed by atoms with E-state index in [2.05, 4.69) is 5.32 Å². The Labute approximate surface area is 233 Å². The van der Waals surface area contributed by atoms with E-state index in [1.165, 1.54) is 23.5 Å². The minimum Gasteiger partial charge on any atom is -0.497 e. The van der Waals surface area contributed by atoms with Gasteiger partial charge < -0.3 is 24.4 Å². The van der Waals surface area contributed by atoms with Crippen LogP contribution < -0.4 is 14.8 Å². The van der Waals surface area contributed by atoms with Crippen LogP contribution in [0.15, 0.2) is 54.0 Å². The van der Waals surface area contributed by atoms with Crippen LogP contribution in [-0.2, 0) is 17.3 Å². The van der Waals surface area contributed by atoms with Crippen molar-refractivity contribution in [1.82, 2.24) is 14.3 Å². The summed E-state index contributed by atoms with van der Waals surface area (Å²) < 4.78 is 57.4. The Kier molecular flexibility index (Phi) is 8.17. The summed E-state index contributed by atoms with van der Waals surface area (Å²) in [4.78, 5) is 20.4. The van der Waals surface area contributed by atoms with Gasteiger partial charge in [-0.1, -0.05) is 0 Å². The van der Waals surface area contributed by atoms with E-state index in [-0.39, 0.29) is 6.10 Å². The Morgan fingerprint density at radius 2 is 2.00 bits per heavy atom. The van der Waals surface area contributed by atoms with Gasteiger partial charge in [0.05, 0.1) is 31.6 Å². The van der Waals surface area contributed by atoms with Gasteiger partial charge in [-0.3, -0.25) is 4.40 Å². The van der Waals surface area contributed by atoms with E-state index < -0.39 is 17.8 Å². The number of fused-ring (bicyclic) bond motifs is 1. The number of urea groups is 1. The average molecular weight is 575 g/mol. The number of anilines is 1. The quantitative estimate of drug-likeness (QED) is 0.252. The summed E-state index contributed by atoms with van der Waals surface area (Å²) >= 11 is 1.50. The minimum absolute atomic E-state index is 0.0822. The fourth-order valence-corrected chi connectivity index (χ4v) is 5.56. The molecule has 12 heteroatoms. The lowest BCUT2D eigenvalue weighted by Crippen LogP contribution is -2.41. The second-order valence-electron chi connectivity index (χ2n) is 9.41. The maximum absolute atomic E-state index is 13.2. The molecule has 0 saturated carbocycles. The number of hydrogen-bond donors (Lipinski definition) is 1. The number of amides is 2. The lowest BCUT2D eigenvalue weighted by molar-refractivity contribution is -0.137. The van der Waals surface area contributed by atoms with Gasteiger partial charge in [0.1, 0.15) is 11.5 Å². The van der Waals surface area contributed by atoms with Crippen LogP contribution in [0.5, 0.6) is 11.5 Å². The van der Waals surface area contributed by atoms with Gasteiger partial charge >= 0.3 is 12.2 Å². The molecule has 2 aromatic carbocycles. The molecular formula is C28H29F3N4O4S. The van der Waals surface area contributed by atoms with E-state index in [9.17, 15) is 18.0 Å². The number of imidazole rings is 1. The smallest absolute Gasteiger partial charge is 0.416 e. The third kappa shape index (κ3) is 6.18. The molecule has 0 aliphatic carbocycles. The molecule has 1 fully saturated rings. The Hall–Kier alpha value is -3.77. The predicted octanol–water partition coefficient (Wildman–Crippen LogP) is 6.35. The molecule has 1 saturated heterocycles. The van der Waals surface area contributed by atoms with Crippen LogP contribution in [0.1, 0.15) is 24.1 Å². The monoisotopic (exact) mass is 574 g/mol. The van der Waals surface area contributed by atoms with Gasteiger partial charge in [0, 0.05) is 54.6 Å². The molecule has 212 valence electrons. The number of alkyl halides is 3. The third-order valence-electron chi connectivity index (χ3n) is 6.80. The summed E-state index contributed by atoms with van der Waals surface area (Å²) in [6.45, 7) is 1.42. The lowest BCUT2D eigenvalue weighted by atomic mass is 10.1. The van der Waals surface area contributed by atoms with Crippen LogP contribution in [0, 0.1) is 0 Å². The van der Waals surface area contributed by atoms with Gasteiger partial charge in [0.25, 0.3) is 0 Å².